The van der Waals surface area contributed by atoms with Crippen LogP contribution in [0.4, 0.5) is 5.69 Å². The van der Waals surface area contributed by atoms with Gasteiger partial charge in [0.05, 0.1) is 10.5 Å². The maximum Gasteiger partial charge on any atom is 0.338 e. The summed E-state index contributed by atoms with van der Waals surface area (Å²) in [6.07, 6.45) is 0. The summed E-state index contributed by atoms with van der Waals surface area (Å²) < 4.78 is 41.0. The SMILES string of the molecule is CN(C)S(=O)(=O)c1ccc(NC(=O)COC(=O)c2ccc3c(c2)OCCO3)cc1. The van der Waals surface area contributed by atoms with Crippen molar-refractivity contribution in [3.63, 3.8) is 0 Å². The number of amides is 1. The fourth-order valence-electron chi connectivity index (χ4n) is 2.50. The molecular formula is C19H20N2O7S. The van der Waals surface area contributed by atoms with Crippen molar-refractivity contribution in [2.75, 3.05) is 39.2 Å². The first-order valence-corrected chi connectivity index (χ1v) is 10.1. The van der Waals surface area contributed by atoms with Crippen LogP contribution >= 0.6 is 0 Å². The Morgan fingerprint density at radius 1 is 1.03 bits per heavy atom. The van der Waals surface area contributed by atoms with Gasteiger partial charge in [-0.05, 0) is 42.5 Å². The predicted octanol–water partition coefficient (Wildman–Crippen LogP) is 1.50. The number of carbonyl (C=O) groups is 2. The van der Waals surface area contributed by atoms with Gasteiger partial charge < -0.3 is 19.5 Å². The third-order valence-corrected chi connectivity index (χ3v) is 5.86. The molecule has 10 heteroatoms. The summed E-state index contributed by atoms with van der Waals surface area (Å²) in [4.78, 5) is 24.3. The second-order valence-corrected chi connectivity index (χ2v) is 8.45. The lowest BCUT2D eigenvalue weighted by Gasteiger charge is -2.18. The summed E-state index contributed by atoms with van der Waals surface area (Å²) in [5.41, 5.74) is 0.614. The van der Waals surface area contributed by atoms with E-state index in [4.69, 9.17) is 14.2 Å². The summed E-state index contributed by atoms with van der Waals surface area (Å²) in [5.74, 6) is -0.239. The quantitative estimate of drug-likeness (QED) is 0.705. The summed E-state index contributed by atoms with van der Waals surface area (Å²) in [6.45, 7) is 0.340. The number of carbonyl (C=O) groups excluding carboxylic acids is 2. The van der Waals surface area contributed by atoms with E-state index in [1.165, 1.54) is 50.5 Å². The number of nitrogens with zero attached hydrogens (tertiary/aromatic N) is 1. The van der Waals surface area contributed by atoms with Crippen LogP contribution in [-0.2, 0) is 19.6 Å². The van der Waals surface area contributed by atoms with Gasteiger partial charge >= 0.3 is 5.97 Å². The molecule has 0 aromatic heterocycles. The predicted molar refractivity (Wildman–Crippen MR) is 104 cm³/mol. The average molecular weight is 420 g/mol. The minimum atomic E-state index is -3.55. The van der Waals surface area contributed by atoms with Crippen LogP contribution in [0.1, 0.15) is 10.4 Å². The summed E-state index contributed by atoms with van der Waals surface area (Å²) in [7, 11) is -0.686. The van der Waals surface area contributed by atoms with Crippen molar-refractivity contribution in [3.8, 4) is 11.5 Å². The number of ether oxygens (including phenoxy) is 3. The highest BCUT2D eigenvalue weighted by molar-refractivity contribution is 7.89. The molecule has 0 atom stereocenters. The lowest BCUT2D eigenvalue weighted by atomic mass is 10.2. The maximum absolute atomic E-state index is 12.1. The van der Waals surface area contributed by atoms with Gasteiger partial charge in [-0.15, -0.1) is 0 Å². The molecule has 29 heavy (non-hydrogen) atoms. The van der Waals surface area contributed by atoms with Gasteiger partial charge in [0.2, 0.25) is 10.0 Å². The van der Waals surface area contributed by atoms with E-state index in [1.54, 1.807) is 6.07 Å². The first-order valence-electron chi connectivity index (χ1n) is 8.66. The van der Waals surface area contributed by atoms with Crippen LogP contribution in [-0.4, -0.2) is 58.5 Å². The minimum Gasteiger partial charge on any atom is -0.486 e. The van der Waals surface area contributed by atoms with E-state index in [9.17, 15) is 18.0 Å². The van der Waals surface area contributed by atoms with Crippen molar-refractivity contribution in [3.05, 3.63) is 48.0 Å². The van der Waals surface area contributed by atoms with E-state index in [0.29, 0.717) is 30.4 Å². The van der Waals surface area contributed by atoms with Crippen LogP contribution in [0.2, 0.25) is 0 Å². The molecule has 3 rings (SSSR count). The molecule has 0 unspecified atom stereocenters. The molecule has 0 fully saturated rings. The Morgan fingerprint density at radius 2 is 1.69 bits per heavy atom. The molecule has 154 valence electrons. The van der Waals surface area contributed by atoms with E-state index in [-0.39, 0.29) is 10.5 Å². The number of nitrogens with one attached hydrogen (secondary N) is 1. The summed E-state index contributed by atoms with van der Waals surface area (Å²) >= 11 is 0. The number of sulfonamides is 1. The molecular weight excluding hydrogens is 400 g/mol. The number of rotatable bonds is 6. The maximum atomic E-state index is 12.1. The fraction of sp³-hybridized carbons (Fsp3) is 0.263. The van der Waals surface area contributed by atoms with Crippen molar-refractivity contribution in [2.24, 2.45) is 0 Å². The molecule has 1 N–H and O–H groups in total. The average Bonchev–Trinajstić information content (AvgIpc) is 2.72. The zero-order chi connectivity index (χ0) is 21.0. The number of esters is 1. The number of anilines is 1. The molecule has 0 saturated heterocycles. The zero-order valence-corrected chi connectivity index (χ0v) is 16.7. The molecule has 9 nitrogen and oxygen atoms in total. The Hall–Kier alpha value is -3.11. The Labute approximate surface area is 168 Å². The topological polar surface area (TPSA) is 111 Å². The van der Waals surface area contributed by atoms with E-state index in [0.717, 1.165) is 4.31 Å². The largest absolute Gasteiger partial charge is 0.486 e. The number of hydrogen-bond acceptors (Lipinski definition) is 7. The van der Waals surface area contributed by atoms with Crippen molar-refractivity contribution >= 4 is 27.6 Å². The Kier molecular flexibility index (Phi) is 6.04. The second-order valence-electron chi connectivity index (χ2n) is 6.29. The van der Waals surface area contributed by atoms with Crippen LogP contribution in [0.3, 0.4) is 0 Å². The first kappa shape index (κ1) is 20.6. The van der Waals surface area contributed by atoms with Gasteiger partial charge in [0, 0.05) is 19.8 Å². The van der Waals surface area contributed by atoms with Crippen LogP contribution in [0, 0.1) is 0 Å². The standard InChI is InChI=1S/C19H20N2O7S/c1-21(2)29(24,25)15-6-4-14(5-7-15)20-18(22)12-28-19(23)13-3-8-16-17(11-13)27-10-9-26-16/h3-8,11H,9-10,12H2,1-2H3,(H,20,22). The Morgan fingerprint density at radius 3 is 2.34 bits per heavy atom. The minimum absolute atomic E-state index is 0.102. The highest BCUT2D eigenvalue weighted by Gasteiger charge is 2.18. The first-order chi connectivity index (χ1) is 13.8. The molecule has 1 amide bonds. The highest BCUT2D eigenvalue weighted by atomic mass is 32.2. The molecule has 0 spiro atoms. The fourth-order valence-corrected chi connectivity index (χ4v) is 3.40. The van der Waals surface area contributed by atoms with Crippen LogP contribution < -0.4 is 14.8 Å². The second kappa shape index (κ2) is 8.50. The van der Waals surface area contributed by atoms with Crippen molar-refractivity contribution in [2.45, 2.75) is 4.90 Å². The third-order valence-electron chi connectivity index (χ3n) is 4.03. The van der Waals surface area contributed by atoms with Crippen molar-refractivity contribution in [1.29, 1.82) is 0 Å². The monoisotopic (exact) mass is 420 g/mol. The normalized spacial score (nSPS) is 13.1. The van der Waals surface area contributed by atoms with Crippen LogP contribution in [0.15, 0.2) is 47.4 Å². The molecule has 1 heterocycles. The van der Waals surface area contributed by atoms with Crippen LogP contribution in [0.5, 0.6) is 11.5 Å². The molecule has 2 aromatic carbocycles. The molecule has 2 aromatic rings. The third kappa shape index (κ3) is 4.84. The zero-order valence-electron chi connectivity index (χ0n) is 15.9. The van der Waals surface area contributed by atoms with Gasteiger partial charge in [-0.3, -0.25) is 4.79 Å². The summed E-state index contributed by atoms with van der Waals surface area (Å²) in [5, 5.41) is 2.54. The van der Waals surface area contributed by atoms with Crippen molar-refractivity contribution in [1.82, 2.24) is 4.31 Å². The highest BCUT2D eigenvalue weighted by Crippen LogP contribution is 2.30. The van der Waals surface area contributed by atoms with Crippen LogP contribution in [0.25, 0.3) is 0 Å². The van der Waals surface area contributed by atoms with E-state index >= 15 is 0 Å². The van der Waals surface area contributed by atoms with Crippen molar-refractivity contribution < 1.29 is 32.2 Å². The van der Waals surface area contributed by atoms with Gasteiger partial charge in [0.25, 0.3) is 5.91 Å². The van der Waals surface area contributed by atoms with E-state index in [1.807, 2.05) is 0 Å². The number of hydrogen-bond donors (Lipinski definition) is 1. The van der Waals surface area contributed by atoms with E-state index < -0.39 is 28.5 Å². The van der Waals surface area contributed by atoms with Gasteiger partial charge in [0.15, 0.2) is 18.1 Å². The van der Waals surface area contributed by atoms with Gasteiger partial charge in [-0.2, -0.15) is 0 Å². The molecule has 0 saturated carbocycles. The van der Waals surface area contributed by atoms with Gasteiger partial charge in [-0.1, -0.05) is 0 Å². The summed E-state index contributed by atoms with van der Waals surface area (Å²) in [6, 6.07) is 10.3. The van der Waals surface area contributed by atoms with E-state index in [2.05, 4.69) is 5.32 Å². The molecule has 1 aliphatic heterocycles. The molecule has 1 aliphatic rings. The number of benzene rings is 2. The van der Waals surface area contributed by atoms with Gasteiger partial charge in [0.1, 0.15) is 13.2 Å². The molecule has 0 radical (unpaired) electrons. The Balaban J connectivity index is 1.55. The molecule has 0 aliphatic carbocycles. The molecule has 0 bridgehead atoms. The smallest absolute Gasteiger partial charge is 0.338 e. The number of fused-ring (bicyclic) bond motifs is 1. The Bertz CT molecular complexity index is 1020. The lowest BCUT2D eigenvalue weighted by molar-refractivity contribution is -0.119. The van der Waals surface area contributed by atoms with Gasteiger partial charge in [-0.25, -0.2) is 17.5 Å². The lowest BCUT2D eigenvalue weighted by Crippen LogP contribution is -2.23.